The van der Waals surface area contributed by atoms with E-state index in [0.29, 0.717) is 17.9 Å². The molecule has 1 aromatic carbocycles. The zero-order valence-electron chi connectivity index (χ0n) is 9.88. The first-order chi connectivity index (χ1) is 8.13. The molecule has 0 aliphatic heterocycles. The van der Waals surface area contributed by atoms with E-state index < -0.39 is 0 Å². The lowest BCUT2D eigenvalue weighted by Crippen LogP contribution is -2.00. The van der Waals surface area contributed by atoms with Gasteiger partial charge in [-0.3, -0.25) is 4.79 Å². The lowest BCUT2D eigenvalue weighted by Gasteiger charge is -2.03. The summed E-state index contributed by atoms with van der Waals surface area (Å²) in [5.41, 5.74) is 1.65. The van der Waals surface area contributed by atoms with Gasteiger partial charge in [0.05, 0.1) is 0 Å². The monoisotopic (exact) mass is 233 g/mol. The average molecular weight is 233 g/mol. The Morgan fingerprint density at radius 3 is 2.53 bits per heavy atom. The number of hydrogen-bond donors (Lipinski definition) is 1. The van der Waals surface area contributed by atoms with Crippen LogP contribution in [0.15, 0.2) is 41.1 Å². The average Bonchev–Trinajstić information content (AvgIpc) is 2.30. The summed E-state index contributed by atoms with van der Waals surface area (Å²) in [5.74, 6) is 0.350. The highest BCUT2D eigenvalue weighted by Crippen LogP contribution is 2.12. The van der Waals surface area contributed by atoms with Crippen molar-refractivity contribution in [1.29, 1.82) is 0 Å². The van der Waals surface area contributed by atoms with Gasteiger partial charge in [-0.1, -0.05) is 10.7 Å². The van der Waals surface area contributed by atoms with E-state index in [1.165, 1.54) is 5.57 Å². The van der Waals surface area contributed by atoms with Crippen LogP contribution in [0.4, 0.5) is 0 Å². The normalized spacial score (nSPS) is 10.2. The Bertz CT molecular complexity index is 428. The van der Waals surface area contributed by atoms with Gasteiger partial charge >= 0.3 is 0 Å². The molecule has 0 unspecified atom stereocenters. The van der Waals surface area contributed by atoms with E-state index in [2.05, 4.69) is 5.16 Å². The molecule has 1 rings (SSSR count). The van der Waals surface area contributed by atoms with E-state index in [0.717, 1.165) is 6.21 Å². The van der Waals surface area contributed by atoms with Crippen molar-refractivity contribution in [1.82, 2.24) is 0 Å². The molecule has 1 aromatic rings. The zero-order chi connectivity index (χ0) is 12.7. The molecule has 0 bridgehead atoms. The number of ether oxygens (including phenoxy) is 1. The molecule has 4 nitrogen and oxygen atoms in total. The second kappa shape index (κ2) is 6.48. The maximum Gasteiger partial charge on any atom is 0.207 e. The number of rotatable bonds is 5. The van der Waals surface area contributed by atoms with Gasteiger partial charge in [-0.15, -0.1) is 0 Å². The SMILES string of the molecule is CC(C)=CCOc1ccc(C(=O)/C=N\O)cc1. The Morgan fingerprint density at radius 2 is 2.00 bits per heavy atom. The van der Waals surface area contributed by atoms with Crippen LogP contribution in [0, 0.1) is 0 Å². The van der Waals surface area contributed by atoms with Gasteiger partial charge in [-0.05, 0) is 44.2 Å². The van der Waals surface area contributed by atoms with Gasteiger partial charge < -0.3 is 9.94 Å². The molecule has 1 N–H and O–H groups in total. The topological polar surface area (TPSA) is 58.9 Å². The van der Waals surface area contributed by atoms with Crippen LogP contribution >= 0.6 is 0 Å². The van der Waals surface area contributed by atoms with Gasteiger partial charge in [0.15, 0.2) is 0 Å². The summed E-state index contributed by atoms with van der Waals surface area (Å²) in [6, 6.07) is 6.66. The van der Waals surface area contributed by atoms with Gasteiger partial charge in [0.1, 0.15) is 18.6 Å². The fraction of sp³-hybridized carbons (Fsp3) is 0.231. The third-order valence-electron chi connectivity index (χ3n) is 2.06. The highest BCUT2D eigenvalue weighted by atomic mass is 16.5. The van der Waals surface area contributed by atoms with Crippen molar-refractivity contribution in [3.8, 4) is 5.75 Å². The van der Waals surface area contributed by atoms with E-state index >= 15 is 0 Å². The molecule has 4 heteroatoms. The number of Topliss-reactive ketones (excluding diaryl/α,β-unsaturated/α-hetero) is 1. The Morgan fingerprint density at radius 1 is 1.35 bits per heavy atom. The lowest BCUT2D eigenvalue weighted by molar-refractivity contribution is 0.106. The third-order valence-corrected chi connectivity index (χ3v) is 2.06. The van der Waals surface area contributed by atoms with Gasteiger partial charge in [0.2, 0.25) is 5.78 Å². The number of carbonyl (C=O) groups is 1. The maximum absolute atomic E-state index is 11.3. The van der Waals surface area contributed by atoms with E-state index in [1.54, 1.807) is 24.3 Å². The number of hydrogen-bond acceptors (Lipinski definition) is 4. The predicted octanol–water partition coefficient (Wildman–Crippen LogP) is 2.67. The van der Waals surface area contributed by atoms with Crippen molar-refractivity contribution in [2.45, 2.75) is 13.8 Å². The van der Waals surface area contributed by atoms with Crippen LogP contribution in [0.5, 0.6) is 5.75 Å². The Labute approximate surface area is 100 Å². The summed E-state index contributed by atoms with van der Waals surface area (Å²) >= 11 is 0. The first kappa shape index (κ1) is 13.0. The molecule has 0 atom stereocenters. The van der Waals surface area contributed by atoms with Gasteiger partial charge in [-0.25, -0.2) is 0 Å². The van der Waals surface area contributed by atoms with E-state index in [1.807, 2.05) is 19.9 Å². The molecule has 0 spiro atoms. The molecular weight excluding hydrogens is 218 g/mol. The van der Waals surface area contributed by atoms with Crippen LogP contribution in [0.25, 0.3) is 0 Å². The molecule has 0 saturated carbocycles. The number of oxime groups is 1. The summed E-state index contributed by atoms with van der Waals surface area (Å²) in [4.78, 5) is 11.3. The summed E-state index contributed by atoms with van der Waals surface area (Å²) in [6.45, 7) is 4.51. The van der Waals surface area contributed by atoms with Gasteiger partial charge in [0, 0.05) is 5.56 Å². The first-order valence-electron chi connectivity index (χ1n) is 5.21. The van der Waals surface area contributed by atoms with Crippen LogP contribution in [-0.4, -0.2) is 23.8 Å². The van der Waals surface area contributed by atoms with E-state index in [4.69, 9.17) is 9.94 Å². The van der Waals surface area contributed by atoms with Crippen molar-refractivity contribution in [3.63, 3.8) is 0 Å². The van der Waals surface area contributed by atoms with Crippen molar-refractivity contribution in [3.05, 3.63) is 41.5 Å². The van der Waals surface area contributed by atoms with Crippen molar-refractivity contribution < 1.29 is 14.7 Å². The molecule has 0 aliphatic rings. The van der Waals surface area contributed by atoms with Gasteiger partial charge in [0.25, 0.3) is 0 Å². The molecule has 90 valence electrons. The largest absolute Gasteiger partial charge is 0.490 e. The standard InChI is InChI=1S/C13H15NO3/c1-10(2)7-8-17-12-5-3-11(4-6-12)13(15)9-14-16/h3-7,9,16H,8H2,1-2H3/b14-9-. The molecule has 0 heterocycles. The number of benzene rings is 1. The molecular formula is C13H15NO3. The minimum Gasteiger partial charge on any atom is -0.490 e. The Balaban J connectivity index is 2.62. The number of allylic oxidation sites excluding steroid dienone is 1. The van der Waals surface area contributed by atoms with Crippen LogP contribution in [0.3, 0.4) is 0 Å². The summed E-state index contributed by atoms with van der Waals surface area (Å²) < 4.78 is 5.44. The lowest BCUT2D eigenvalue weighted by atomic mass is 10.1. The molecule has 0 saturated heterocycles. The third kappa shape index (κ3) is 4.51. The minimum atomic E-state index is -0.344. The molecule has 0 amide bonds. The fourth-order valence-corrected chi connectivity index (χ4v) is 1.15. The van der Waals surface area contributed by atoms with Crippen LogP contribution in [0.2, 0.25) is 0 Å². The van der Waals surface area contributed by atoms with Gasteiger partial charge in [-0.2, -0.15) is 0 Å². The van der Waals surface area contributed by atoms with Crippen LogP contribution in [0.1, 0.15) is 24.2 Å². The second-order valence-corrected chi connectivity index (χ2v) is 3.73. The summed E-state index contributed by atoms with van der Waals surface area (Å²) in [6.07, 6.45) is 2.83. The highest BCUT2D eigenvalue weighted by molar-refractivity contribution is 6.35. The number of carbonyl (C=O) groups excluding carboxylic acids is 1. The smallest absolute Gasteiger partial charge is 0.207 e. The first-order valence-corrected chi connectivity index (χ1v) is 5.21. The highest BCUT2D eigenvalue weighted by Gasteiger charge is 2.02. The molecule has 0 aliphatic carbocycles. The Hall–Kier alpha value is -2.10. The molecule has 17 heavy (non-hydrogen) atoms. The van der Waals surface area contributed by atoms with Crippen LogP contribution in [-0.2, 0) is 0 Å². The van der Waals surface area contributed by atoms with E-state index in [-0.39, 0.29) is 5.78 Å². The molecule has 0 fully saturated rings. The molecule has 0 radical (unpaired) electrons. The van der Waals surface area contributed by atoms with Crippen molar-refractivity contribution in [2.24, 2.45) is 5.16 Å². The number of nitrogens with zero attached hydrogens (tertiary/aromatic N) is 1. The summed E-state index contributed by atoms with van der Waals surface area (Å²) in [7, 11) is 0. The van der Waals surface area contributed by atoms with Crippen molar-refractivity contribution in [2.75, 3.05) is 6.61 Å². The predicted molar refractivity (Wildman–Crippen MR) is 66.0 cm³/mol. The molecule has 0 aromatic heterocycles. The maximum atomic E-state index is 11.3. The van der Waals surface area contributed by atoms with E-state index in [9.17, 15) is 4.79 Å². The fourth-order valence-electron chi connectivity index (χ4n) is 1.15. The minimum absolute atomic E-state index is 0.344. The van der Waals surface area contributed by atoms with Crippen molar-refractivity contribution >= 4 is 12.0 Å². The Kier molecular flexibility index (Phi) is 4.94. The quantitative estimate of drug-likeness (QED) is 0.279. The van der Waals surface area contributed by atoms with Crippen LogP contribution < -0.4 is 4.74 Å². The second-order valence-electron chi connectivity index (χ2n) is 3.73. The zero-order valence-corrected chi connectivity index (χ0v) is 9.88. The number of ketones is 1. The summed E-state index contributed by atoms with van der Waals surface area (Å²) in [5, 5.41) is 10.9.